The zero-order valence-electron chi connectivity index (χ0n) is 17.8. The third kappa shape index (κ3) is 2.48. The van der Waals surface area contributed by atoms with Gasteiger partial charge >= 0.3 is 5.97 Å². The number of hydrogen-bond donors (Lipinski definition) is 0. The van der Waals surface area contributed by atoms with Crippen molar-refractivity contribution >= 4 is 50.9 Å². The molecule has 32 heavy (non-hydrogen) atoms. The predicted molar refractivity (Wildman–Crippen MR) is 125 cm³/mol. The lowest BCUT2D eigenvalue weighted by atomic mass is 9.83. The van der Waals surface area contributed by atoms with Crippen molar-refractivity contribution in [1.82, 2.24) is 0 Å². The van der Waals surface area contributed by atoms with Gasteiger partial charge in [0.05, 0.1) is 18.1 Å². The Bertz CT molecular complexity index is 1280. The van der Waals surface area contributed by atoms with Gasteiger partial charge < -0.3 is 14.2 Å². The fourth-order valence-electron chi connectivity index (χ4n) is 6.14. The number of ketones is 2. The fourth-order valence-corrected chi connectivity index (χ4v) is 6.60. The summed E-state index contributed by atoms with van der Waals surface area (Å²) in [7, 11) is 1.52. The van der Waals surface area contributed by atoms with Crippen molar-refractivity contribution in [3.8, 4) is 17.2 Å². The molecule has 3 aliphatic carbocycles. The number of Topliss-reactive ketones (excluding diaryl/α,β-unsaturated/α-hetero) is 2. The standard InChI is InChI=1S/C25H21IO6/c1-9-21(26)23(29)20-15(30-3)8-13-7-14-16-11-4-5-12(6-11)17(16)22(28)19(14)24(32-10(2)27)18(13)25(20)31-9/h4-5,7-9,11-12,16-17,21H,6H2,1-3H3/t9?,11-,12+,16+,17+,21?/m1/s1. The summed E-state index contributed by atoms with van der Waals surface area (Å²) < 4.78 is 17.1. The first-order chi connectivity index (χ1) is 15.3. The van der Waals surface area contributed by atoms with Crippen molar-refractivity contribution in [2.24, 2.45) is 17.8 Å². The molecule has 164 valence electrons. The van der Waals surface area contributed by atoms with Gasteiger partial charge in [-0.3, -0.25) is 14.4 Å². The van der Waals surface area contributed by atoms with E-state index in [0.29, 0.717) is 33.9 Å². The first-order valence-corrected chi connectivity index (χ1v) is 12.0. The van der Waals surface area contributed by atoms with Gasteiger partial charge in [-0.15, -0.1) is 0 Å². The number of benzene rings is 2. The van der Waals surface area contributed by atoms with Crippen molar-refractivity contribution in [1.29, 1.82) is 0 Å². The summed E-state index contributed by atoms with van der Waals surface area (Å²) in [5, 5.41) is 1.23. The highest BCUT2D eigenvalue weighted by atomic mass is 127. The highest BCUT2D eigenvalue weighted by molar-refractivity contribution is 14.1. The summed E-state index contributed by atoms with van der Waals surface area (Å²) in [4.78, 5) is 39.0. The van der Waals surface area contributed by atoms with Gasteiger partial charge in [-0.05, 0) is 48.3 Å². The minimum absolute atomic E-state index is 0.0199. The second-order valence-corrected chi connectivity index (χ2v) is 10.4. The zero-order valence-corrected chi connectivity index (χ0v) is 20.0. The number of ether oxygens (including phenoxy) is 3. The van der Waals surface area contributed by atoms with Gasteiger partial charge in [-0.1, -0.05) is 34.7 Å². The molecule has 1 heterocycles. The molecule has 2 aromatic rings. The molecule has 0 radical (unpaired) electrons. The van der Waals surface area contributed by atoms with E-state index < -0.39 is 5.97 Å². The lowest BCUT2D eigenvalue weighted by Crippen LogP contribution is -2.36. The van der Waals surface area contributed by atoms with Crippen LogP contribution in [0.25, 0.3) is 10.8 Å². The van der Waals surface area contributed by atoms with E-state index in [2.05, 4.69) is 34.7 Å². The van der Waals surface area contributed by atoms with E-state index in [9.17, 15) is 14.4 Å². The van der Waals surface area contributed by atoms with Crippen LogP contribution in [0.5, 0.6) is 17.2 Å². The number of carbonyl (C=O) groups excluding carboxylic acids is 3. The molecule has 2 bridgehead atoms. The van der Waals surface area contributed by atoms with Crippen LogP contribution in [0, 0.1) is 17.8 Å². The Labute approximate surface area is 198 Å². The summed E-state index contributed by atoms with van der Waals surface area (Å²) in [6.45, 7) is 3.16. The largest absolute Gasteiger partial charge is 0.496 e. The van der Waals surface area contributed by atoms with Crippen LogP contribution in [0.1, 0.15) is 52.5 Å². The summed E-state index contributed by atoms with van der Waals surface area (Å²) in [6.07, 6.45) is 4.97. The van der Waals surface area contributed by atoms with Gasteiger partial charge in [0.1, 0.15) is 27.1 Å². The zero-order chi connectivity index (χ0) is 22.5. The van der Waals surface area contributed by atoms with Crippen LogP contribution < -0.4 is 14.2 Å². The number of carbonyl (C=O) groups is 3. The third-order valence-corrected chi connectivity index (χ3v) is 8.95. The second kappa shape index (κ2) is 6.79. The third-order valence-electron chi connectivity index (χ3n) is 7.38. The number of methoxy groups -OCH3 is 1. The Hall–Kier alpha value is -2.42. The van der Waals surface area contributed by atoms with Gasteiger partial charge in [0.15, 0.2) is 17.3 Å². The Kier molecular flexibility index (Phi) is 4.29. The molecule has 6 atom stereocenters. The highest BCUT2D eigenvalue weighted by Crippen LogP contribution is 2.61. The first kappa shape index (κ1) is 20.2. The quantitative estimate of drug-likeness (QED) is 0.180. The molecular formula is C25H21IO6. The molecule has 7 heteroatoms. The Balaban J connectivity index is 1.71. The van der Waals surface area contributed by atoms with E-state index in [1.807, 2.05) is 13.0 Å². The number of esters is 1. The lowest BCUT2D eigenvalue weighted by Gasteiger charge is -2.30. The van der Waals surface area contributed by atoms with E-state index in [-0.39, 0.29) is 45.1 Å². The number of fused-ring (bicyclic) bond motifs is 10. The summed E-state index contributed by atoms with van der Waals surface area (Å²) in [6, 6.07) is 3.80. The van der Waals surface area contributed by atoms with Crippen molar-refractivity contribution < 1.29 is 28.6 Å². The van der Waals surface area contributed by atoms with E-state index >= 15 is 0 Å². The molecule has 0 saturated heterocycles. The Morgan fingerprint density at radius 2 is 1.81 bits per heavy atom. The van der Waals surface area contributed by atoms with E-state index in [0.717, 1.165) is 17.4 Å². The van der Waals surface area contributed by atoms with Crippen LogP contribution in [-0.4, -0.2) is 34.7 Å². The number of alkyl halides is 1. The Morgan fingerprint density at radius 1 is 1.09 bits per heavy atom. The highest BCUT2D eigenvalue weighted by Gasteiger charge is 2.55. The summed E-state index contributed by atoms with van der Waals surface area (Å²) >= 11 is 2.08. The topological polar surface area (TPSA) is 78.9 Å². The first-order valence-electron chi connectivity index (χ1n) is 10.8. The number of hydrogen-bond acceptors (Lipinski definition) is 6. The number of halogens is 1. The molecule has 4 aliphatic rings. The molecule has 6 nitrogen and oxygen atoms in total. The Morgan fingerprint density at radius 3 is 2.50 bits per heavy atom. The summed E-state index contributed by atoms with van der Waals surface area (Å²) in [5.41, 5.74) is 1.72. The van der Waals surface area contributed by atoms with Crippen molar-refractivity contribution in [2.75, 3.05) is 7.11 Å². The number of allylic oxidation sites excluding steroid dienone is 2. The molecule has 1 fully saturated rings. The predicted octanol–water partition coefficient (Wildman–Crippen LogP) is 4.64. The van der Waals surface area contributed by atoms with E-state index in [1.165, 1.54) is 14.0 Å². The maximum absolute atomic E-state index is 13.6. The van der Waals surface area contributed by atoms with Gasteiger partial charge in [-0.2, -0.15) is 0 Å². The van der Waals surface area contributed by atoms with Crippen molar-refractivity contribution in [3.63, 3.8) is 0 Å². The molecule has 1 saturated carbocycles. The normalized spacial score (nSPS) is 31.4. The average molecular weight is 544 g/mol. The lowest BCUT2D eigenvalue weighted by molar-refractivity contribution is -0.131. The molecule has 1 aliphatic heterocycles. The maximum Gasteiger partial charge on any atom is 0.308 e. The molecule has 0 spiro atoms. The van der Waals surface area contributed by atoms with E-state index in [4.69, 9.17) is 14.2 Å². The van der Waals surface area contributed by atoms with Crippen LogP contribution >= 0.6 is 22.6 Å². The van der Waals surface area contributed by atoms with Crippen molar-refractivity contribution in [2.45, 2.75) is 36.2 Å². The molecule has 2 unspecified atom stereocenters. The smallest absolute Gasteiger partial charge is 0.308 e. The van der Waals surface area contributed by atoms with Gasteiger partial charge in [0, 0.05) is 18.8 Å². The molecule has 2 aromatic carbocycles. The van der Waals surface area contributed by atoms with Crippen LogP contribution in [0.3, 0.4) is 0 Å². The van der Waals surface area contributed by atoms with Crippen LogP contribution in [-0.2, 0) is 4.79 Å². The monoisotopic (exact) mass is 544 g/mol. The molecular weight excluding hydrogens is 523 g/mol. The van der Waals surface area contributed by atoms with Gasteiger partial charge in [-0.25, -0.2) is 0 Å². The SMILES string of the molecule is COc1cc2cc3c(c(OC(C)=O)c2c2c1C(=O)C(I)C(C)O2)C(=O)[C@@H]1[C@H]3[C@@H]2C=C[C@H]1C2. The minimum Gasteiger partial charge on any atom is -0.496 e. The van der Waals surface area contributed by atoms with Gasteiger partial charge in [0.2, 0.25) is 0 Å². The maximum atomic E-state index is 13.6. The average Bonchev–Trinajstić information content (AvgIpc) is 3.44. The van der Waals surface area contributed by atoms with Crippen LogP contribution in [0.4, 0.5) is 0 Å². The molecule has 0 amide bonds. The minimum atomic E-state index is -0.517. The number of rotatable bonds is 2. The van der Waals surface area contributed by atoms with E-state index in [1.54, 1.807) is 6.07 Å². The second-order valence-electron chi connectivity index (χ2n) is 9.10. The van der Waals surface area contributed by atoms with Crippen LogP contribution in [0.15, 0.2) is 24.3 Å². The molecule has 0 N–H and O–H groups in total. The van der Waals surface area contributed by atoms with Crippen molar-refractivity contribution in [3.05, 3.63) is 41.0 Å². The molecule has 6 rings (SSSR count). The van der Waals surface area contributed by atoms with Gasteiger partial charge in [0.25, 0.3) is 0 Å². The molecule has 0 aromatic heterocycles. The fraction of sp³-hybridized carbons (Fsp3) is 0.400. The van der Waals surface area contributed by atoms with Crippen LogP contribution in [0.2, 0.25) is 0 Å². The summed E-state index contributed by atoms with van der Waals surface area (Å²) in [5.74, 6) is 0.881.